The van der Waals surface area contributed by atoms with Crippen molar-refractivity contribution in [3.05, 3.63) is 28.0 Å². The fourth-order valence-corrected chi connectivity index (χ4v) is 1.97. The Morgan fingerprint density at radius 2 is 2.05 bits per heavy atom. The monoisotopic (exact) mass is 315 g/mol. The molecule has 0 unspecified atom stereocenters. The van der Waals surface area contributed by atoms with Gasteiger partial charge in [-0.25, -0.2) is 4.39 Å². The van der Waals surface area contributed by atoms with Gasteiger partial charge in [-0.1, -0.05) is 0 Å². The van der Waals surface area contributed by atoms with Crippen LogP contribution in [0.3, 0.4) is 0 Å². The minimum absolute atomic E-state index is 0. The fourth-order valence-electron chi connectivity index (χ4n) is 1.97. The first kappa shape index (κ1) is 18.1. The lowest BCUT2D eigenvalue weighted by Gasteiger charge is -2.32. The Labute approximate surface area is 122 Å². The Morgan fingerprint density at radius 1 is 1.42 bits per heavy atom. The fraction of sp³-hybridized carbons (Fsp3) is 0.600. The maximum atomic E-state index is 13.0. The molecular formula is C10H16Cl2FN3O3. The maximum Gasteiger partial charge on any atom is 0.433 e. The molecule has 110 valence electrons. The van der Waals surface area contributed by atoms with Gasteiger partial charge in [0.15, 0.2) is 0 Å². The van der Waals surface area contributed by atoms with Crippen molar-refractivity contribution >= 4 is 30.7 Å². The van der Waals surface area contributed by atoms with Crippen LogP contribution in [0.2, 0.25) is 0 Å². The lowest BCUT2D eigenvalue weighted by Crippen LogP contribution is -2.45. The zero-order valence-corrected chi connectivity index (χ0v) is 11.7. The van der Waals surface area contributed by atoms with Crippen LogP contribution in [0.25, 0.3) is 0 Å². The minimum atomic E-state index is -0.615. The first-order valence-corrected chi connectivity index (χ1v) is 5.47. The van der Waals surface area contributed by atoms with Crippen molar-refractivity contribution < 1.29 is 13.7 Å². The van der Waals surface area contributed by atoms with E-state index in [-0.39, 0.29) is 30.7 Å². The molecule has 1 aromatic heterocycles. The Morgan fingerprint density at radius 3 is 2.53 bits per heavy atom. The van der Waals surface area contributed by atoms with Crippen molar-refractivity contribution in [1.29, 1.82) is 0 Å². The SMILES string of the molecule is Cl.Cl.O=[N+]([O-])c1ccc([C@H](CF)N2CCNCC2)o1. The number of furan rings is 1. The highest BCUT2D eigenvalue weighted by molar-refractivity contribution is 5.85. The molecule has 0 aliphatic carbocycles. The van der Waals surface area contributed by atoms with E-state index < -0.39 is 17.6 Å². The third kappa shape index (κ3) is 4.31. The van der Waals surface area contributed by atoms with E-state index in [1.807, 2.05) is 4.90 Å². The number of nitro groups is 1. The quantitative estimate of drug-likeness (QED) is 0.679. The third-order valence-electron chi connectivity index (χ3n) is 2.86. The lowest BCUT2D eigenvalue weighted by molar-refractivity contribution is -0.402. The van der Waals surface area contributed by atoms with E-state index in [2.05, 4.69) is 5.32 Å². The van der Waals surface area contributed by atoms with E-state index in [4.69, 9.17) is 4.42 Å². The average molecular weight is 316 g/mol. The molecule has 0 radical (unpaired) electrons. The van der Waals surface area contributed by atoms with E-state index in [0.29, 0.717) is 18.8 Å². The second-order valence-corrected chi connectivity index (χ2v) is 3.89. The molecular weight excluding hydrogens is 300 g/mol. The number of piperazine rings is 1. The van der Waals surface area contributed by atoms with E-state index in [9.17, 15) is 14.5 Å². The van der Waals surface area contributed by atoms with Crippen molar-refractivity contribution in [2.75, 3.05) is 32.9 Å². The van der Waals surface area contributed by atoms with Crippen LogP contribution in [0.4, 0.5) is 10.3 Å². The van der Waals surface area contributed by atoms with Gasteiger partial charge < -0.3 is 9.73 Å². The molecule has 0 saturated carbocycles. The van der Waals surface area contributed by atoms with Crippen LogP contribution in [0, 0.1) is 10.1 Å². The zero-order chi connectivity index (χ0) is 12.3. The third-order valence-corrected chi connectivity index (χ3v) is 2.86. The molecule has 2 rings (SSSR count). The number of nitrogens with one attached hydrogen (secondary N) is 1. The van der Waals surface area contributed by atoms with Gasteiger partial charge in [0.25, 0.3) is 0 Å². The molecule has 0 bridgehead atoms. The van der Waals surface area contributed by atoms with Gasteiger partial charge in [-0.2, -0.15) is 0 Å². The molecule has 1 fully saturated rings. The molecule has 0 amide bonds. The number of halogens is 3. The summed E-state index contributed by atoms with van der Waals surface area (Å²) in [6.07, 6.45) is 0. The van der Waals surface area contributed by atoms with Crippen molar-refractivity contribution in [2.45, 2.75) is 6.04 Å². The van der Waals surface area contributed by atoms with Crippen LogP contribution in [0.1, 0.15) is 11.8 Å². The van der Waals surface area contributed by atoms with Crippen LogP contribution in [-0.2, 0) is 0 Å². The molecule has 1 aromatic rings. The Hall–Kier alpha value is -0.890. The highest BCUT2D eigenvalue weighted by Crippen LogP contribution is 2.26. The van der Waals surface area contributed by atoms with E-state index in [1.165, 1.54) is 12.1 Å². The summed E-state index contributed by atoms with van der Waals surface area (Å²) in [5, 5.41) is 13.7. The number of nitrogens with zero attached hydrogens (tertiary/aromatic N) is 2. The number of rotatable bonds is 4. The Bertz CT molecular complexity index is 399. The molecule has 1 aliphatic heterocycles. The molecule has 1 aliphatic rings. The molecule has 1 N–H and O–H groups in total. The van der Waals surface area contributed by atoms with Crippen LogP contribution in [0.15, 0.2) is 16.5 Å². The van der Waals surface area contributed by atoms with Gasteiger partial charge in [-0.15, -0.1) is 24.8 Å². The summed E-state index contributed by atoms with van der Waals surface area (Å²) in [4.78, 5) is 11.8. The molecule has 1 atom stereocenters. The molecule has 6 nitrogen and oxygen atoms in total. The van der Waals surface area contributed by atoms with Crippen molar-refractivity contribution in [2.24, 2.45) is 0 Å². The maximum absolute atomic E-state index is 13.0. The average Bonchev–Trinajstić information content (AvgIpc) is 2.81. The van der Waals surface area contributed by atoms with Crippen LogP contribution in [-0.4, -0.2) is 42.7 Å². The number of hydrogen-bond donors (Lipinski definition) is 1. The topological polar surface area (TPSA) is 71.6 Å². The second kappa shape index (κ2) is 8.31. The summed E-state index contributed by atoms with van der Waals surface area (Å²) < 4.78 is 18.1. The van der Waals surface area contributed by atoms with E-state index >= 15 is 0 Å². The van der Waals surface area contributed by atoms with Gasteiger partial charge in [0.2, 0.25) is 0 Å². The summed E-state index contributed by atoms with van der Waals surface area (Å²) in [5.74, 6) is -0.0188. The van der Waals surface area contributed by atoms with Gasteiger partial charge in [-0.05, 0) is 6.07 Å². The van der Waals surface area contributed by atoms with Crippen molar-refractivity contribution in [3.63, 3.8) is 0 Å². The van der Waals surface area contributed by atoms with Gasteiger partial charge >= 0.3 is 5.88 Å². The van der Waals surface area contributed by atoms with Gasteiger partial charge in [0.05, 0.1) is 12.1 Å². The largest absolute Gasteiger partial charge is 0.433 e. The summed E-state index contributed by atoms with van der Waals surface area (Å²) in [6.45, 7) is 2.40. The number of alkyl halides is 1. The summed E-state index contributed by atoms with van der Waals surface area (Å²) in [5.41, 5.74) is 0. The van der Waals surface area contributed by atoms with Gasteiger partial charge in [0.1, 0.15) is 17.4 Å². The Kier molecular flexibility index (Phi) is 7.93. The summed E-state index contributed by atoms with van der Waals surface area (Å²) in [7, 11) is 0. The van der Waals surface area contributed by atoms with Crippen LogP contribution < -0.4 is 5.32 Å². The molecule has 1 saturated heterocycles. The van der Waals surface area contributed by atoms with Crippen molar-refractivity contribution in [1.82, 2.24) is 10.2 Å². The predicted octanol–water partition coefficient (Wildman–Crippen LogP) is 1.95. The second-order valence-electron chi connectivity index (χ2n) is 3.89. The summed E-state index contributed by atoms with van der Waals surface area (Å²) in [6, 6.07) is 2.22. The molecule has 2 heterocycles. The van der Waals surface area contributed by atoms with Crippen LogP contribution >= 0.6 is 24.8 Å². The minimum Gasteiger partial charge on any atom is -0.404 e. The van der Waals surface area contributed by atoms with Gasteiger partial charge in [-0.3, -0.25) is 15.0 Å². The smallest absolute Gasteiger partial charge is 0.404 e. The first-order valence-electron chi connectivity index (χ1n) is 5.47. The molecule has 19 heavy (non-hydrogen) atoms. The summed E-state index contributed by atoms with van der Waals surface area (Å²) >= 11 is 0. The standard InChI is InChI=1S/C10H14FN3O3.2ClH/c11-7-8(13-5-3-12-4-6-13)9-1-2-10(17-9)14(15)16;;/h1-2,8,12H,3-7H2;2*1H/t8-;;/m0../s1. The van der Waals surface area contributed by atoms with E-state index in [1.54, 1.807) is 0 Å². The van der Waals surface area contributed by atoms with Crippen LogP contribution in [0.5, 0.6) is 0 Å². The zero-order valence-electron chi connectivity index (χ0n) is 10.1. The predicted molar refractivity (Wildman–Crippen MR) is 73.0 cm³/mol. The highest BCUT2D eigenvalue weighted by Gasteiger charge is 2.26. The molecule has 0 aromatic carbocycles. The van der Waals surface area contributed by atoms with Crippen molar-refractivity contribution in [3.8, 4) is 0 Å². The molecule has 9 heteroatoms. The highest BCUT2D eigenvalue weighted by atomic mass is 35.5. The van der Waals surface area contributed by atoms with Gasteiger partial charge in [0, 0.05) is 26.2 Å². The van der Waals surface area contributed by atoms with E-state index in [0.717, 1.165) is 13.1 Å². The Balaban J connectivity index is 0.00000162. The first-order chi connectivity index (χ1) is 8.22. The number of hydrogen-bond acceptors (Lipinski definition) is 5. The molecule has 0 spiro atoms. The lowest BCUT2D eigenvalue weighted by atomic mass is 10.2. The normalized spacial score (nSPS) is 17.1.